The van der Waals surface area contributed by atoms with E-state index >= 15 is 0 Å². The van der Waals surface area contributed by atoms with Crippen molar-refractivity contribution < 1.29 is 4.79 Å². The maximum Gasteiger partial charge on any atom is 0.106 e. The molecule has 0 unspecified atom stereocenters. The normalized spacial score (nSPS) is 1.00. The monoisotopic (exact) mass is 98.0 g/mol. The van der Waals surface area contributed by atoms with Gasteiger partial charge in [-0.2, -0.15) is 27.0 Å². The fourth-order valence-corrected chi connectivity index (χ4v) is 0. The number of hydrogen-bond donors (Lipinski definition) is 0. The summed E-state index contributed by atoms with van der Waals surface area (Å²) >= 11 is 0. The number of rotatable bonds is 0. The largest absolute Gasteiger partial charge is 0.307 e. The minimum Gasteiger partial charge on any atom is -0.307 e. The van der Waals surface area contributed by atoms with Gasteiger partial charge in [-0.3, -0.25) is 0 Å². The highest BCUT2D eigenvalue weighted by molar-refractivity contribution is 7.59. The molecule has 0 N–H and O–H groups in total. The van der Waals surface area contributed by atoms with E-state index in [1.54, 1.807) is 0 Å². The first kappa shape index (κ1) is 26.4. The van der Waals surface area contributed by atoms with Crippen LogP contribution in [0, 0.1) is 0 Å². The highest BCUT2D eigenvalue weighted by Gasteiger charge is 0.636. The molecule has 0 saturated carbocycles. The summed E-state index contributed by atoms with van der Waals surface area (Å²) in [6, 6.07) is 0. The van der Waals surface area contributed by atoms with Crippen LogP contribution in [0.25, 0.3) is 0 Å². The zero-order valence-electron chi connectivity index (χ0n) is 2.12. The van der Waals surface area contributed by atoms with Gasteiger partial charge in [0.05, 0.1) is 0 Å². The Balaban J connectivity index is -0.00000000500. The molecule has 0 aliphatic rings. The molecule has 0 saturated heterocycles. The SMILES string of the molecule is C=O.S.S. The molecule has 0 aliphatic carbocycles. The standard InChI is InChI=1S/CH2O.2H2S/c1-2;;/h1H2;2*1H2. The van der Waals surface area contributed by atoms with Crippen LogP contribution in [-0.4, -0.2) is 6.79 Å². The first-order chi connectivity index (χ1) is 1.00. The number of hydrogen-bond acceptors (Lipinski definition) is 1. The summed E-state index contributed by atoms with van der Waals surface area (Å²) in [5, 5.41) is 0. The topological polar surface area (TPSA) is 17.1 Å². The van der Waals surface area contributed by atoms with E-state index in [9.17, 15) is 0 Å². The maximum absolute atomic E-state index is 8.00. The van der Waals surface area contributed by atoms with Crippen LogP contribution in [0.1, 0.15) is 0 Å². The molecule has 1 nitrogen and oxygen atoms in total. The molecule has 0 amide bonds. The Labute approximate surface area is 39.3 Å². The third-order valence-electron chi connectivity index (χ3n) is 0. The van der Waals surface area contributed by atoms with Crippen molar-refractivity contribution in [2.45, 2.75) is 0 Å². The third kappa shape index (κ3) is 32.5. The maximum atomic E-state index is 8.00. The van der Waals surface area contributed by atoms with Gasteiger partial charge in [-0.05, 0) is 0 Å². The highest BCUT2D eigenvalue weighted by atomic mass is 32.1. The van der Waals surface area contributed by atoms with Crippen LogP contribution >= 0.6 is 27.0 Å². The van der Waals surface area contributed by atoms with Crippen molar-refractivity contribution in [1.29, 1.82) is 0 Å². The van der Waals surface area contributed by atoms with Gasteiger partial charge in [0.2, 0.25) is 0 Å². The van der Waals surface area contributed by atoms with Gasteiger partial charge in [-0.1, -0.05) is 0 Å². The summed E-state index contributed by atoms with van der Waals surface area (Å²) in [4.78, 5) is 8.00. The van der Waals surface area contributed by atoms with Crippen LogP contribution < -0.4 is 0 Å². The van der Waals surface area contributed by atoms with E-state index in [4.69, 9.17) is 4.79 Å². The summed E-state index contributed by atoms with van der Waals surface area (Å²) < 4.78 is 0. The van der Waals surface area contributed by atoms with E-state index in [0.717, 1.165) is 0 Å². The Morgan fingerprint density at radius 1 is 1.00 bits per heavy atom. The van der Waals surface area contributed by atoms with Crippen molar-refractivity contribution in [3.05, 3.63) is 0 Å². The van der Waals surface area contributed by atoms with Gasteiger partial charge >= 0.3 is 0 Å². The summed E-state index contributed by atoms with van der Waals surface area (Å²) in [6.45, 7) is 2.00. The van der Waals surface area contributed by atoms with Gasteiger partial charge in [0, 0.05) is 0 Å². The molecule has 28 valence electrons. The van der Waals surface area contributed by atoms with Crippen molar-refractivity contribution in [1.82, 2.24) is 0 Å². The Hall–Kier alpha value is 0.370. The van der Waals surface area contributed by atoms with E-state index in [1.165, 1.54) is 0 Å². The predicted molar refractivity (Wildman–Crippen MR) is 27.9 cm³/mol. The second-order valence-electron chi connectivity index (χ2n) is 0. The Kier molecular flexibility index (Phi) is 914. The van der Waals surface area contributed by atoms with Crippen molar-refractivity contribution >= 4 is 33.8 Å². The molecule has 0 spiro atoms. The van der Waals surface area contributed by atoms with Crippen LogP contribution in [0.15, 0.2) is 0 Å². The summed E-state index contributed by atoms with van der Waals surface area (Å²) in [7, 11) is 0. The van der Waals surface area contributed by atoms with Gasteiger partial charge in [0.25, 0.3) is 0 Å². The third-order valence-corrected chi connectivity index (χ3v) is 0. The molecule has 0 fully saturated rings. The first-order valence-corrected chi connectivity index (χ1v) is 0.289. The molecule has 3 heteroatoms. The van der Waals surface area contributed by atoms with E-state index in [1.807, 2.05) is 6.79 Å². The Bertz CT molecular complexity index is 6.00. The van der Waals surface area contributed by atoms with E-state index < -0.39 is 0 Å². The molecule has 0 bridgehead atoms. The summed E-state index contributed by atoms with van der Waals surface area (Å²) in [5.41, 5.74) is 0. The van der Waals surface area contributed by atoms with Gasteiger partial charge in [-0.15, -0.1) is 0 Å². The fourth-order valence-electron chi connectivity index (χ4n) is 0. The molecule has 4 heavy (non-hydrogen) atoms. The minimum absolute atomic E-state index is 0. The van der Waals surface area contributed by atoms with Crippen molar-refractivity contribution in [3.8, 4) is 0 Å². The molecule has 0 rings (SSSR count). The molecule has 0 aromatic rings. The molecule has 0 heterocycles. The van der Waals surface area contributed by atoms with Crippen molar-refractivity contribution in [3.63, 3.8) is 0 Å². The van der Waals surface area contributed by atoms with Gasteiger partial charge < -0.3 is 4.79 Å². The van der Waals surface area contributed by atoms with E-state index in [0.29, 0.717) is 0 Å². The number of carbonyl (C=O) groups is 1. The molecule has 0 aliphatic heterocycles. The van der Waals surface area contributed by atoms with Crippen LogP contribution in [0.3, 0.4) is 0 Å². The lowest BCUT2D eigenvalue weighted by Crippen LogP contribution is -0.925. The molecule has 0 radical (unpaired) electrons. The van der Waals surface area contributed by atoms with Crippen molar-refractivity contribution in [2.24, 2.45) is 0 Å². The van der Waals surface area contributed by atoms with Crippen LogP contribution in [0.2, 0.25) is 0 Å². The lowest BCUT2D eigenvalue weighted by Gasteiger charge is -0.837. The first-order valence-electron chi connectivity index (χ1n) is 0.289. The number of carbonyl (C=O) groups excluding carboxylic acids is 1. The van der Waals surface area contributed by atoms with E-state index in [2.05, 4.69) is 0 Å². The average molecular weight is 98.2 g/mol. The lowest BCUT2D eigenvalue weighted by molar-refractivity contribution is -0.0979. The minimum atomic E-state index is 0. The van der Waals surface area contributed by atoms with Gasteiger partial charge in [0.1, 0.15) is 6.79 Å². The Morgan fingerprint density at radius 3 is 1.00 bits per heavy atom. The second-order valence-corrected chi connectivity index (χ2v) is 0. The predicted octanol–water partition coefficient (Wildman–Crippen LogP) is 0.0407. The fraction of sp³-hybridized carbons (Fsp3) is 0. The molecule has 0 aromatic carbocycles. The van der Waals surface area contributed by atoms with Crippen LogP contribution in [-0.2, 0) is 4.79 Å². The van der Waals surface area contributed by atoms with Crippen LogP contribution in [0.5, 0.6) is 0 Å². The lowest BCUT2D eigenvalue weighted by atomic mass is 11.9. The zero-order chi connectivity index (χ0) is 2.00. The van der Waals surface area contributed by atoms with Gasteiger partial charge in [0.15, 0.2) is 0 Å². The summed E-state index contributed by atoms with van der Waals surface area (Å²) in [6.07, 6.45) is 0. The molecular weight excluding hydrogens is 92.1 g/mol. The smallest absolute Gasteiger partial charge is 0.106 e. The zero-order valence-corrected chi connectivity index (χ0v) is 4.12. The second kappa shape index (κ2) is 138. The summed E-state index contributed by atoms with van der Waals surface area (Å²) in [5.74, 6) is 0. The molecule has 0 atom stereocenters. The quantitative estimate of drug-likeness (QED) is 0.418. The van der Waals surface area contributed by atoms with Crippen molar-refractivity contribution in [2.75, 3.05) is 0 Å². The van der Waals surface area contributed by atoms with Gasteiger partial charge in [-0.25, -0.2) is 0 Å². The molecular formula is CH6OS2. The Morgan fingerprint density at radius 2 is 1.00 bits per heavy atom. The van der Waals surface area contributed by atoms with E-state index in [-0.39, 0.29) is 27.0 Å². The average Bonchev–Trinajstić information content (AvgIpc) is 1.00. The van der Waals surface area contributed by atoms with Crippen LogP contribution in [0.4, 0.5) is 0 Å². The highest BCUT2D eigenvalue weighted by Crippen LogP contribution is 0.649. The molecule has 0 aromatic heterocycles.